The second-order valence-electron chi connectivity index (χ2n) is 4.16. The van der Waals surface area contributed by atoms with Crippen molar-refractivity contribution in [1.29, 1.82) is 0 Å². The van der Waals surface area contributed by atoms with Crippen LogP contribution in [0, 0.1) is 0 Å². The zero-order valence-electron chi connectivity index (χ0n) is 12.2. The fourth-order valence-electron chi connectivity index (χ4n) is 1.59. The Labute approximate surface area is 132 Å². The minimum Gasteiger partial charge on any atom is -0.380 e. The van der Waals surface area contributed by atoms with E-state index in [0.29, 0.717) is 18.8 Å². The van der Waals surface area contributed by atoms with Crippen LogP contribution in [-0.4, -0.2) is 37.8 Å². The highest BCUT2D eigenvalue weighted by Gasteiger charge is 2.13. The molecule has 0 unspecified atom stereocenters. The Morgan fingerprint density at radius 2 is 2.10 bits per heavy atom. The number of nitrogens with one attached hydrogen (secondary N) is 3. The number of methoxy groups -OCH3 is 1. The average molecular weight is 359 g/mol. The van der Waals surface area contributed by atoms with Gasteiger partial charge in [0.25, 0.3) is 0 Å². The maximum atomic E-state index is 11.9. The Morgan fingerprint density at radius 1 is 1.38 bits per heavy atom. The molecular formula is C13H19BrN4O3. The number of benzene rings is 1. The second-order valence-corrected chi connectivity index (χ2v) is 5.01. The van der Waals surface area contributed by atoms with E-state index >= 15 is 0 Å². The van der Waals surface area contributed by atoms with Crippen molar-refractivity contribution in [3.05, 3.63) is 28.2 Å². The molecule has 1 aromatic rings. The molecule has 0 bridgehead atoms. The summed E-state index contributed by atoms with van der Waals surface area (Å²) >= 11 is 3.41. The number of urea groups is 2. The van der Waals surface area contributed by atoms with Gasteiger partial charge in [0, 0.05) is 36.4 Å². The Hall–Kier alpha value is -1.80. The molecule has 3 N–H and O–H groups in total. The van der Waals surface area contributed by atoms with Crippen LogP contribution in [-0.2, 0) is 11.3 Å². The van der Waals surface area contributed by atoms with Crippen molar-refractivity contribution >= 4 is 33.7 Å². The zero-order chi connectivity index (χ0) is 15.8. The number of ether oxygens (including phenoxy) is 1. The molecule has 0 saturated heterocycles. The molecule has 7 nitrogen and oxygen atoms in total. The summed E-state index contributed by atoms with van der Waals surface area (Å²) in [4.78, 5) is 23.4. The molecule has 116 valence electrons. The first kappa shape index (κ1) is 17.3. The summed E-state index contributed by atoms with van der Waals surface area (Å²) in [6, 6.07) is 4.51. The molecule has 0 saturated carbocycles. The van der Waals surface area contributed by atoms with Gasteiger partial charge in [-0.3, -0.25) is 0 Å². The average Bonchev–Trinajstić information content (AvgIpc) is 2.42. The van der Waals surface area contributed by atoms with Gasteiger partial charge in [0.2, 0.25) is 0 Å². The molecule has 0 aliphatic rings. The van der Waals surface area contributed by atoms with Crippen LogP contribution in [0.1, 0.15) is 12.5 Å². The molecular weight excluding hydrogens is 340 g/mol. The second kappa shape index (κ2) is 8.48. The maximum Gasteiger partial charge on any atom is 0.338 e. The predicted molar refractivity (Wildman–Crippen MR) is 83.8 cm³/mol. The molecule has 0 aliphatic heterocycles. The Bertz CT molecular complexity index is 510. The van der Waals surface area contributed by atoms with Crippen molar-refractivity contribution in [3.8, 4) is 0 Å². The van der Waals surface area contributed by atoms with Crippen molar-refractivity contribution in [2.24, 2.45) is 0 Å². The highest BCUT2D eigenvalue weighted by atomic mass is 79.9. The lowest BCUT2D eigenvalue weighted by atomic mass is 10.2. The van der Waals surface area contributed by atoms with E-state index in [1.165, 1.54) is 7.05 Å². The van der Waals surface area contributed by atoms with Crippen molar-refractivity contribution in [1.82, 2.24) is 15.8 Å². The molecule has 0 aliphatic carbocycles. The van der Waals surface area contributed by atoms with Gasteiger partial charge in [-0.25, -0.2) is 20.0 Å². The number of nitrogens with zero attached hydrogens (tertiary/aromatic N) is 1. The lowest BCUT2D eigenvalue weighted by molar-refractivity contribution is 0.183. The maximum absolute atomic E-state index is 11.9. The number of hydrogen-bond donors (Lipinski definition) is 3. The molecule has 8 heteroatoms. The zero-order valence-corrected chi connectivity index (χ0v) is 13.8. The molecule has 0 fully saturated rings. The first-order chi connectivity index (χ1) is 9.99. The van der Waals surface area contributed by atoms with Crippen molar-refractivity contribution in [2.45, 2.75) is 13.5 Å². The number of hydrogen-bond acceptors (Lipinski definition) is 3. The SMILES string of the molecule is CCNC(=O)N(C)NC(=O)Nc1cccc(Br)c1COC. The van der Waals surface area contributed by atoms with Gasteiger partial charge in [-0.05, 0) is 19.1 Å². The van der Waals surface area contributed by atoms with Crippen LogP contribution in [0.25, 0.3) is 0 Å². The topological polar surface area (TPSA) is 82.7 Å². The summed E-state index contributed by atoms with van der Waals surface area (Å²) in [7, 11) is 3.04. The van der Waals surface area contributed by atoms with Crippen LogP contribution in [0.5, 0.6) is 0 Å². The minimum atomic E-state index is -0.515. The van der Waals surface area contributed by atoms with Gasteiger partial charge in [0.05, 0.1) is 6.61 Å². The smallest absolute Gasteiger partial charge is 0.338 e. The molecule has 4 amide bonds. The Morgan fingerprint density at radius 3 is 2.71 bits per heavy atom. The summed E-state index contributed by atoms with van der Waals surface area (Å²) in [6.45, 7) is 2.63. The van der Waals surface area contributed by atoms with E-state index in [2.05, 4.69) is 32.0 Å². The van der Waals surface area contributed by atoms with E-state index in [1.807, 2.05) is 6.07 Å². The van der Waals surface area contributed by atoms with Gasteiger partial charge >= 0.3 is 12.1 Å². The molecule has 1 rings (SSSR count). The van der Waals surface area contributed by atoms with E-state index in [1.54, 1.807) is 26.2 Å². The molecule has 21 heavy (non-hydrogen) atoms. The van der Waals surface area contributed by atoms with Gasteiger partial charge in [0.15, 0.2) is 0 Å². The van der Waals surface area contributed by atoms with E-state index in [9.17, 15) is 9.59 Å². The standard InChI is InChI=1S/C13H19BrN4O3/c1-4-15-13(20)18(2)17-12(19)16-11-7-5-6-10(14)9(11)8-21-3/h5-7H,4,8H2,1-3H3,(H,15,20)(H2,16,17,19). The number of carbonyl (C=O) groups is 2. The van der Waals surface area contributed by atoms with E-state index in [4.69, 9.17) is 4.74 Å². The van der Waals surface area contributed by atoms with Crippen LogP contribution in [0.2, 0.25) is 0 Å². The van der Waals surface area contributed by atoms with E-state index in [0.717, 1.165) is 15.0 Å². The fraction of sp³-hybridized carbons (Fsp3) is 0.385. The molecule has 0 heterocycles. The molecule has 0 spiro atoms. The Kier molecular flexibility index (Phi) is 6.97. The minimum absolute atomic E-state index is 0.350. The van der Waals surface area contributed by atoms with Gasteiger partial charge in [0.1, 0.15) is 0 Å². The largest absolute Gasteiger partial charge is 0.380 e. The number of anilines is 1. The number of rotatable bonds is 4. The quantitative estimate of drug-likeness (QED) is 0.722. The lowest BCUT2D eigenvalue weighted by Crippen LogP contribution is -2.49. The summed E-state index contributed by atoms with van der Waals surface area (Å²) < 4.78 is 5.94. The monoisotopic (exact) mass is 358 g/mol. The number of halogens is 1. The summed E-state index contributed by atoms with van der Waals surface area (Å²) in [5.41, 5.74) is 3.84. The van der Waals surface area contributed by atoms with Crippen LogP contribution < -0.4 is 16.1 Å². The van der Waals surface area contributed by atoms with Gasteiger partial charge in [-0.1, -0.05) is 22.0 Å². The highest BCUT2D eigenvalue weighted by Crippen LogP contribution is 2.25. The van der Waals surface area contributed by atoms with Gasteiger partial charge in [-0.15, -0.1) is 0 Å². The van der Waals surface area contributed by atoms with Gasteiger partial charge in [-0.2, -0.15) is 0 Å². The molecule has 0 radical (unpaired) electrons. The van der Waals surface area contributed by atoms with Crippen molar-refractivity contribution in [2.75, 3.05) is 26.0 Å². The van der Waals surface area contributed by atoms with E-state index in [-0.39, 0.29) is 6.03 Å². The third kappa shape index (κ3) is 5.24. The van der Waals surface area contributed by atoms with Crippen molar-refractivity contribution in [3.63, 3.8) is 0 Å². The lowest BCUT2D eigenvalue weighted by Gasteiger charge is -2.19. The number of hydrazine groups is 1. The third-order valence-electron chi connectivity index (χ3n) is 2.56. The van der Waals surface area contributed by atoms with Crippen LogP contribution >= 0.6 is 15.9 Å². The third-order valence-corrected chi connectivity index (χ3v) is 3.30. The summed E-state index contributed by atoms with van der Waals surface area (Å²) in [6.07, 6.45) is 0. The van der Waals surface area contributed by atoms with E-state index < -0.39 is 6.03 Å². The number of carbonyl (C=O) groups excluding carboxylic acids is 2. The summed E-state index contributed by atoms with van der Waals surface area (Å²) in [5, 5.41) is 6.33. The molecule has 0 atom stereocenters. The van der Waals surface area contributed by atoms with Crippen molar-refractivity contribution < 1.29 is 14.3 Å². The first-order valence-electron chi connectivity index (χ1n) is 6.35. The molecule has 1 aromatic carbocycles. The normalized spacial score (nSPS) is 9.90. The fourth-order valence-corrected chi connectivity index (χ4v) is 2.07. The van der Waals surface area contributed by atoms with Crippen LogP contribution in [0.4, 0.5) is 15.3 Å². The van der Waals surface area contributed by atoms with Crippen LogP contribution in [0.15, 0.2) is 22.7 Å². The predicted octanol–water partition coefficient (Wildman–Crippen LogP) is 2.29. The van der Waals surface area contributed by atoms with Crippen LogP contribution in [0.3, 0.4) is 0 Å². The molecule has 0 aromatic heterocycles. The summed E-state index contributed by atoms with van der Waals surface area (Å²) in [5.74, 6) is 0. The highest BCUT2D eigenvalue weighted by molar-refractivity contribution is 9.10. The van der Waals surface area contributed by atoms with Gasteiger partial charge < -0.3 is 15.4 Å². The Balaban J connectivity index is 2.71. The first-order valence-corrected chi connectivity index (χ1v) is 7.14. The number of amides is 4.